The average molecular weight is 382 g/mol. The fourth-order valence-corrected chi connectivity index (χ4v) is 3.81. The summed E-state index contributed by atoms with van der Waals surface area (Å²) in [6, 6.07) is 4.71. The van der Waals surface area contributed by atoms with Crippen LogP contribution in [-0.2, 0) is 20.8 Å². The summed E-state index contributed by atoms with van der Waals surface area (Å²) in [5.41, 5.74) is 0.870. The standard InChI is InChI=1S/C13H20BrNO3S2/c1-9(15-19(16)13(2,3)4)11-7-6-10(8-12(11)14)20(5,17)18/h6-9,15H,1-5H3/t9-,19-/m0/s1. The van der Waals surface area contributed by atoms with Crippen molar-refractivity contribution < 1.29 is 12.6 Å². The van der Waals surface area contributed by atoms with Gasteiger partial charge < -0.3 is 0 Å². The first-order chi connectivity index (χ1) is 8.93. The normalized spacial score (nSPS) is 15.9. The molecule has 1 rings (SSSR count). The first-order valence-electron chi connectivity index (χ1n) is 6.10. The van der Waals surface area contributed by atoms with E-state index in [2.05, 4.69) is 20.7 Å². The maximum Gasteiger partial charge on any atom is 0.175 e. The largest absolute Gasteiger partial charge is 0.242 e. The van der Waals surface area contributed by atoms with Crippen LogP contribution in [0.15, 0.2) is 27.6 Å². The van der Waals surface area contributed by atoms with Crippen molar-refractivity contribution in [3.8, 4) is 0 Å². The zero-order valence-electron chi connectivity index (χ0n) is 12.2. The van der Waals surface area contributed by atoms with Gasteiger partial charge in [0.1, 0.15) is 0 Å². The Labute approximate surface area is 132 Å². The molecule has 0 amide bonds. The Morgan fingerprint density at radius 1 is 1.30 bits per heavy atom. The Bertz CT molecular complexity index is 621. The molecule has 0 fully saturated rings. The van der Waals surface area contributed by atoms with E-state index >= 15 is 0 Å². The van der Waals surface area contributed by atoms with Gasteiger partial charge in [0.15, 0.2) is 9.84 Å². The minimum atomic E-state index is -3.22. The molecule has 1 aromatic carbocycles. The van der Waals surface area contributed by atoms with Crippen LogP contribution in [0, 0.1) is 0 Å². The van der Waals surface area contributed by atoms with E-state index in [9.17, 15) is 12.6 Å². The summed E-state index contributed by atoms with van der Waals surface area (Å²) >= 11 is 3.38. The molecule has 0 aliphatic rings. The monoisotopic (exact) mass is 381 g/mol. The third-order valence-electron chi connectivity index (χ3n) is 2.71. The molecule has 4 nitrogen and oxygen atoms in total. The maximum atomic E-state index is 12.1. The molecule has 0 unspecified atom stereocenters. The number of sulfone groups is 1. The number of hydrogen-bond acceptors (Lipinski definition) is 3. The van der Waals surface area contributed by atoms with Gasteiger partial charge in [-0.15, -0.1) is 0 Å². The van der Waals surface area contributed by atoms with Crippen molar-refractivity contribution in [2.45, 2.75) is 43.4 Å². The molecule has 0 aromatic heterocycles. The Morgan fingerprint density at radius 2 is 1.85 bits per heavy atom. The lowest BCUT2D eigenvalue weighted by Gasteiger charge is -2.23. The molecule has 2 atom stereocenters. The second-order valence-corrected chi connectivity index (χ2v) is 10.5. The predicted octanol–water partition coefficient (Wildman–Crippen LogP) is 2.97. The highest BCUT2D eigenvalue weighted by atomic mass is 79.9. The first-order valence-corrected chi connectivity index (χ1v) is 9.94. The van der Waals surface area contributed by atoms with Crippen molar-refractivity contribution in [1.29, 1.82) is 0 Å². The van der Waals surface area contributed by atoms with Crippen LogP contribution in [0.25, 0.3) is 0 Å². The van der Waals surface area contributed by atoms with Gasteiger partial charge in [-0.1, -0.05) is 22.0 Å². The Kier molecular flexibility index (Phi) is 5.57. The summed E-state index contributed by atoms with van der Waals surface area (Å²) < 4.78 is 38.4. The van der Waals surface area contributed by atoms with Gasteiger partial charge in [-0.25, -0.2) is 17.3 Å². The molecule has 7 heteroatoms. The Morgan fingerprint density at radius 3 is 2.25 bits per heavy atom. The lowest BCUT2D eigenvalue weighted by Crippen LogP contribution is -2.34. The van der Waals surface area contributed by atoms with E-state index in [-0.39, 0.29) is 15.7 Å². The van der Waals surface area contributed by atoms with Gasteiger partial charge in [0, 0.05) is 16.8 Å². The number of hydrogen-bond donors (Lipinski definition) is 1. The van der Waals surface area contributed by atoms with Gasteiger partial charge in [0.05, 0.1) is 20.6 Å². The number of benzene rings is 1. The zero-order chi connectivity index (χ0) is 15.7. The van der Waals surface area contributed by atoms with Crippen LogP contribution in [0.2, 0.25) is 0 Å². The molecule has 0 heterocycles. The smallest absolute Gasteiger partial charge is 0.175 e. The molecular formula is C13H20BrNO3S2. The van der Waals surface area contributed by atoms with E-state index in [0.717, 1.165) is 5.56 Å². The molecular weight excluding hydrogens is 362 g/mol. The minimum absolute atomic E-state index is 0.155. The molecule has 0 bridgehead atoms. The van der Waals surface area contributed by atoms with Crippen LogP contribution < -0.4 is 4.72 Å². The quantitative estimate of drug-likeness (QED) is 0.871. The van der Waals surface area contributed by atoms with Gasteiger partial charge in [-0.3, -0.25) is 0 Å². The third-order valence-corrected chi connectivity index (χ3v) is 6.18. The number of rotatable bonds is 4. The second-order valence-electron chi connectivity index (χ2n) is 5.68. The fraction of sp³-hybridized carbons (Fsp3) is 0.538. The van der Waals surface area contributed by atoms with Crippen molar-refractivity contribution in [2.24, 2.45) is 0 Å². The molecule has 114 valence electrons. The predicted molar refractivity (Wildman–Crippen MR) is 86.7 cm³/mol. The lowest BCUT2D eigenvalue weighted by atomic mass is 10.1. The highest BCUT2D eigenvalue weighted by Gasteiger charge is 2.22. The third kappa shape index (κ3) is 4.65. The highest BCUT2D eigenvalue weighted by molar-refractivity contribution is 9.10. The van der Waals surface area contributed by atoms with E-state index in [1.54, 1.807) is 18.2 Å². The van der Waals surface area contributed by atoms with Crippen LogP contribution >= 0.6 is 15.9 Å². The molecule has 0 aliphatic carbocycles. The second kappa shape index (κ2) is 6.25. The average Bonchev–Trinajstić information content (AvgIpc) is 2.25. The SMILES string of the molecule is C[C@H](N[S@@](=O)C(C)(C)C)c1ccc(S(C)(=O)=O)cc1Br. The van der Waals surface area contributed by atoms with Gasteiger partial charge in [-0.2, -0.15) is 0 Å². The first kappa shape index (κ1) is 17.8. The van der Waals surface area contributed by atoms with Gasteiger partial charge in [0.2, 0.25) is 0 Å². The van der Waals surface area contributed by atoms with Gasteiger partial charge >= 0.3 is 0 Å². The topological polar surface area (TPSA) is 63.2 Å². The van der Waals surface area contributed by atoms with Crippen molar-refractivity contribution in [3.63, 3.8) is 0 Å². The molecule has 0 aliphatic heterocycles. The molecule has 1 N–H and O–H groups in total. The summed E-state index contributed by atoms with van der Waals surface area (Å²) in [5.74, 6) is 0. The number of nitrogens with one attached hydrogen (secondary N) is 1. The van der Waals surface area contributed by atoms with Crippen LogP contribution in [0.5, 0.6) is 0 Å². The van der Waals surface area contributed by atoms with E-state index in [1.807, 2.05) is 27.7 Å². The molecule has 1 aromatic rings. The van der Waals surface area contributed by atoms with E-state index in [4.69, 9.17) is 0 Å². The Hall–Kier alpha value is -0.240. The molecule has 0 saturated carbocycles. The summed E-state index contributed by atoms with van der Waals surface area (Å²) in [4.78, 5) is 0.261. The fourth-order valence-electron chi connectivity index (χ4n) is 1.49. The van der Waals surface area contributed by atoms with Crippen LogP contribution in [-0.4, -0.2) is 23.6 Å². The zero-order valence-corrected chi connectivity index (χ0v) is 15.4. The summed E-state index contributed by atoms with van der Waals surface area (Å²) in [6.45, 7) is 7.57. The van der Waals surface area contributed by atoms with Crippen LogP contribution in [0.4, 0.5) is 0 Å². The summed E-state index contributed by atoms with van der Waals surface area (Å²) in [5, 5.41) is 0. The molecule has 20 heavy (non-hydrogen) atoms. The Balaban J connectivity index is 3.01. The van der Waals surface area contributed by atoms with Crippen molar-refractivity contribution >= 4 is 36.8 Å². The summed E-state index contributed by atoms with van der Waals surface area (Å²) in [6.07, 6.45) is 1.17. The lowest BCUT2D eigenvalue weighted by molar-refractivity contribution is 0.601. The number of halogens is 1. The van der Waals surface area contributed by atoms with Crippen LogP contribution in [0.3, 0.4) is 0 Å². The summed E-state index contributed by atoms with van der Waals surface area (Å²) in [7, 11) is -4.41. The van der Waals surface area contributed by atoms with E-state index < -0.39 is 20.8 Å². The molecule has 0 spiro atoms. The maximum absolute atomic E-state index is 12.1. The van der Waals surface area contributed by atoms with E-state index in [1.165, 1.54) is 6.26 Å². The van der Waals surface area contributed by atoms with Crippen molar-refractivity contribution in [1.82, 2.24) is 4.72 Å². The van der Waals surface area contributed by atoms with Crippen LogP contribution in [0.1, 0.15) is 39.3 Å². The van der Waals surface area contributed by atoms with Crippen molar-refractivity contribution in [2.75, 3.05) is 6.26 Å². The highest BCUT2D eigenvalue weighted by Crippen LogP contribution is 2.27. The van der Waals surface area contributed by atoms with E-state index in [0.29, 0.717) is 4.47 Å². The van der Waals surface area contributed by atoms with Gasteiger partial charge in [0.25, 0.3) is 0 Å². The van der Waals surface area contributed by atoms with Crippen molar-refractivity contribution in [3.05, 3.63) is 28.2 Å². The molecule has 0 saturated heterocycles. The minimum Gasteiger partial charge on any atom is -0.242 e. The molecule has 0 radical (unpaired) electrons. The van der Waals surface area contributed by atoms with Gasteiger partial charge in [-0.05, 0) is 45.4 Å².